The van der Waals surface area contributed by atoms with Gasteiger partial charge in [0.05, 0.1) is 6.61 Å². The van der Waals surface area contributed by atoms with Gasteiger partial charge in [0.15, 0.2) is 0 Å². The van der Waals surface area contributed by atoms with Crippen molar-refractivity contribution in [1.29, 1.82) is 0 Å². The summed E-state index contributed by atoms with van der Waals surface area (Å²) in [5.41, 5.74) is 0. The molecule has 0 unspecified atom stereocenters. The summed E-state index contributed by atoms with van der Waals surface area (Å²) in [6.45, 7) is 2.15. The first kappa shape index (κ1) is 11.9. The zero-order valence-corrected chi connectivity index (χ0v) is 9.27. The highest BCUT2D eigenvalue weighted by Gasteiger charge is 2.17. The fourth-order valence-electron chi connectivity index (χ4n) is 1.06. The summed E-state index contributed by atoms with van der Waals surface area (Å²) >= 11 is 0. The Morgan fingerprint density at radius 1 is 1.47 bits per heavy atom. The van der Waals surface area contributed by atoms with E-state index in [2.05, 4.69) is 0 Å². The van der Waals surface area contributed by atoms with Crippen LogP contribution < -0.4 is 9.46 Å². The van der Waals surface area contributed by atoms with Gasteiger partial charge in [-0.1, -0.05) is 0 Å². The highest BCUT2D eigenvalue weighted by atomic mass is 32.2. The van der Waals surface area contributed by atoms with Crippen molar-refractivity contribution in [1.82, 2.24) is 4.72 Å². The lowest BCUT2D eigenvalue weighted by Crippen LogP contribution is -2.19. The molecule has 0 aliphatic rings. The molecule has 0 aromatic heterocycles. The van der Waals surface area contributed by atoms with Gasteiger partial charge < -0.3 is 4.74 Å². The molecule has 1 N–H and O–H groups in total. The van der Waals surface area contributed by atoms with Crippen LogP contribution in [0.4, 0.5) is 4.39 Å². The van der Waals surface area contributed by atoms with E-state index in [0.29, 0.717) is 12.4 Å². The second-order valence-corrected chi connectivity index (χ2v) is 4.59. The van der Waals surface area contributed by atoms with E-state index in [1.54, 1.807) is 6.92 Å². The number of nitrogens with one attached hydrogen (secondary N) is 1. The third-order valence-corrected chi connectivity index (χ3v) is 3.20. The van der Waals surface area contributed by atoms with E-state index in [-0.39, 0.29) is 0 Å². The lowest BCUT2D eigenvalue weighted by atomic mass is 10.3. The number of ether oxygens (including phenoxy) is 1. The van der Waals surface area contributed by atoms with Crippen molar-refractivity contribution in [3.63, 3.8) is 0 Å². The van der Waals surface area contributed by atoms with Crippen molar-refractivity contribution in [2.24, 2.45) is 0 Å². The molecule has 0 fully saturated rings. The highest BCUT2D eigenvalue weighted by Crippen LogP contribution is 2.20. The van der Waals surface area contributed by atoms with Crippen LogP contribution in [0.15, 0.2) is 23.1 Å². The number of hydrogen-bond donors (Lipinski definition) is 1. The minimum absolute atomic E-state index is 0.327. The quantitative estimate of drug-likeness (QED) is 0.848. The number of benzene rings is 1. The van der Waals surface area contributed by atoms with Gasteiger partial charge >= 0.3 is 0 Å². The lowest BCUT2D eigenvalue weighted by molar-refractivity contribution is 0.338. The summed E-state index contributed by atoms with van der Waals surface area (Å²) < 4.78 is 43.1. The van der Waals surface area contributed by atoms with E-state index < -0.39 is 20.7 Å². The molecule has 0 saturated carbocycles. The Bertz CT molecular complexity index is 445. The molecule has 6 heteroatoms. The van der Waals surface area contributed by atoms with Gasteiger partial charge in [0.1, 0.15) is 16.5 Å². The zero-order valence-electron chi connectivity index (χ0n) is 8.45. The second-order valence-electron chi connectivity index (χ2n) is 2.73. The third-order valence-electron chi connectivity index (χ3n) is 1.77. The van der Waals surface area contributed by atoms with E-state index in [1.165, 1.54) is 13.1 Å². The Labute approximate surface area is 88.1 Å². The normalized spacial score (nSPS) is 11.4. The monoisotopic (exact) mass is 233 g/mol. The third kappa shape index (κ3) is 2.66. The molecule has 0 radical (unpaired) electrons. The minimum atomic E-state index is -3.77. The fourth-order valence-corrected chi connectivity index (χ4v) is 1.87. The maximum atomic E-state index is 13.2. The van der Waals surface area contributed by atoms with Gasteiger partial charge in [-0.2, -0.15) is 0 Å². The summed E-state index contributed by atoms with van der Waals surface area (Å²) in [7, 11) is -2.55. The van der Waals surface area contributed by atoms with Crippen molar-refractivity contribution in [2.45, 2.75) is 11.8 Å². The van der Waals surface area contributed by atoms with Crippen LogP contribution in [0.2, 0.25) is 0 Å². The Morgan fingerprint density at radius 2 is 2.13 bits per heavy atom. The van der Waals surface area contributed by atoms with Gasteiger partial charge in [-0.25, -0.2) is 17.5 Å². The average molecular weight is 233 g/mol. The SMILES string of the molecule is CCOc1ccc(F)c(S(=O)(=O)NC)c1. The first-order valence-electron chi connectivity index (χ1n) is 4.37. The summed E-state index contributed by atoms with van der Waals surface area (Å²) in [5.74, 6) is -0.472. The molecular weight excluding hydrogens is 221 g/mol. The minimum Gasteiger partial charge on any atom is -0.494 e. The molecule has 1 rings (SSSR count). The summed E-state index contributed by atoms with van der Waals surface area (Å²) in [6, 6.07) is 3.60. The second kappa shape index (κ2) is 4.59. The molecule has 0 bridgehead atoms. The van der Waals surface area contributed by atoms with E-state index in [4.69, 9.17) is 4.74 Å². The predicted molar refractivity (Wildman–Crippen MR) is 53.8 cm³/mol. The summed E-state index contributed by atoms with van der Waals surface area (Å²) in [5, 5.41) is 0. The smallest absolute Gasteiger partial charge is 0.243 e. The van der Waals surface area contributed by atoms with Crippen molar-refractivity contribution >= 4 is 10.0 Å². The molecule has 1 aromatic rings. The van der Waals surface area contributed by atoms with Crippen molar-refractivity contribution in [3.05, 3.63) is 24.0 Å². The Morgan fingerprint density at radius 3 is 2.67 bits per heavy atom. The van der Waals surface area contributed by atoms with Crippen molar-refractivity contribution in [2.75, 3.05) is 13.7 Å². The van der Waals surface area contributed by atoms with Crippen LogP contribution in [0, 0.1) is 5.82 Å². The Kier molecular flexibility index (Phi) is 3.65. The van der Waals surface area contributed by atoms with Crippen LogP contribution in [-0.2, 0) is 10.0 Å². The van der Waals surface area contributed by atoms with Gasteiger partial charge in [0, 0.05) is 6.07 Å². The Balaban J connectivity index is 3.23. The van der Waals surface area contributed by atoms with Crippen LogP contribution in [0.5, 0.6) is 5.75 Å². The largest absolute Gasteiger partial charge is 0.494 e. The number of halogens is 1. The van der Waals surface area contributed by atoms with Gasteiger partial charge in [-0.3, -0.25) is 0 Å². The molecule has 0 heterocycles. The maximum absolute atomic E-state index is 13.2. The molecule has 84 valence electrons. The first-order chi connectivity index (χ1) is 7.01. The topological polar surface area (TPSA) is 55.4 Å². The van der Waals surface area contributed by atoms with E-state index in [0.717, 1.165) is 12.1 Å². The number of sulfonamides is 1. The first-order valence-corrected chi connectivity index (χ1v) is 5.85. The van der Waals surface area contributed by atoms with Crippen molar-refractivity contribution in [3.8, 4) is 5.75 Å². The van der Waals surface area contributed by atoms with Crippen LogP contribution in [0.1, 0.15) is 6.92 Å². The lowest BCUT2D eigenvalue weighted by Gasteiger charge is -2.07. The summed E-state index contributed by atoms with van der Waals surface area (Å²) in [4.78, 5) is -0.407. The van der Waals surface area contributed by atoms with E-state index >= 15 is 0 Å². The number of rotatable bonds is 4. The van der Waals surface area contributed by atoms with Crippen LogP contribution in [0.3, 0.4) is 0 Å². The highest BCUT2D eigenvalue weighted by molar-refractivity contribution is 7.89. The molecule has 1 aromatic carbocycles. The summed E-state index contributed by atoms with van der Waals surface area (Å²) in [6.07, 6.45) is 0. The Hall–Kier alpha value is -1.14. The fraction of sp³-hybridized carbons (Fsp3) is 0.333. The van der Waals surface area contributed by atoms with Crippen molar-refractivity contribution < 1.29 is 17.5 Å². The maximum Gasteiger partial charge on any atom is 0.243 e. The average Bonchev–Trinajstić information content (AvgIpc) is 2.21. The van der Waals surface area contributed by atoms with E-state index in [9.17, 15) is 12.8 Å². The predicted octanol–water partition coefficient (Wildman–Crippen LogP) is 1.13. The molecule has 0 aliphatic heterocycles. The van der Waals surface area contributed by atoms with E-state index in [1.807, 2.05) is 4.72 Å². The van der Waals surface area contributed by atoms with Crippen LogP contribution >= 0.6 is 0 Å². The van der Waals surface area contributed by atoms with Gasteiger partial charge in [-0.05, 0) is 26.1 Å². The molecule has 0 amide bonds. The molecule has 0 spiro atoms. The van der Waals surface area contributed by atoms with Gasteiger partial charge in [0.25, 0.3) is 0 Å². The molecule has 0 saturated heterocycles. The number of hydrogen-bond acceptors (Lipinski definition) is 3. The molecule has 4 nitrogen and oxygen atoms in total. The standard InChI is InChI=1S/C9H12FNO3S/c1-3-14-7-4-5-8(10)9(6-7)15(12,13)11-2/h4-6,11H,3H2,1-2H3. The molecular formula is C9H12FNO3S. The molecule has 0 aliphatic carbocycles. The van der Waals surface area contributed by atoms with Crippen LogP contribution in [-0.4, -0.2) is 22.1 Å². The molecule has 15 heavy (non-hydrogen) atoms. The van der Waals surface area contributed by atoms with Crippen LogP contribution in [0.25, 0.3) is 0 Å². The van der Waals surface area contributed by atoms with Gasteiger partial charge in [0.2, 0.25) is 10.0 Å². The zero-order chi connectivity index (χ0) is 11.5. The molecule has 0 atom stereocenters. The van der Waals surface area contributed by atoms with Gasteiger partial charge in [-0.15, -0.1) is 0 Å².